The van der Waals surface area contributed by atoms with E-state index >= 15 is 0 Å². The SMILES string of the molecule is C=CCC1[C@@]2(C)CC[C@H](O)[C@](C)(COC(=O)/C=C/c3ccccc3)C2CC[C@@]1(C)[C@@]1(C)CC2CC(C)(C)[C@@H](O)[C@H](O)[C@]2(CC)[C@H](O)C1. The van der Waals surface area contributed by atoms with Crippen LogP contribution in [0.4, 0.5) is 0 Å². The van der Waals surface area contributed by atoms with Crippen LogP contribution in [0.25, 0.3) is 6.08 Å². The maximum atomic E-state index is 12.9. The Bertz CT molecular complexity index is 1320. The lowest BCUT2D eigenvalue weighted by molar-refractivity contribution is -0.269. The minimum absolute atomic E-state index is 0.0863. The topological polar surface area (TPSA) is 107 Å². The predicted molar refractivity (Wildman–Crippen MR) is 187 cm³/mol. The van der Waals surface area contributed by atoms with Crippen molar-refractivity contribution in [1.29, 1.82) is 0 Å². The summed E-state index contributed by atoms with van der Waals surface area (Å²) < 4.78 is 5.91. The van der Waals surface area contributed by atoms with Crippen LogP contribution in [0.1, 0.15) is 112 Å². The number of hydrogen-bond donors (Lipinski definition) is 4. The molecular weight excluding hydrogens is 588 g/mol. The summed E-state index contributed by atoms with van der Waals surface area (Å²) in [7, 11) is 0. The molecule has 0 spiro atoms. The highest BCUT2D eigenvalue weighted by Crippen LogP contribution is 2.73. The normalized spacial score (nSPS) is 46.3. The second-order valence-corrected chi connectivity index (χ2v) is 17.7. The number of esters is 1. The Kier molecular flexibility index (Phi) is 9.82. The molecule has 0 heterocycles. The summed E-state index contributed by atoms with van der Waals surface area (Å²) in [5.74, 6) is 0.0668. The van der Waals surface area contributed by atoms with Gasteiger partial charge in [0.25, 0.3) is 0 Å². The molecule has 0 bridgehead atoms. The summed E-state index contributed by atoms with van der Waals surface area (Å²) >= 11 is 0. The van der Waals surface area contributed by atoms with Crippen LogP contribution in [-0.4, -0.2) is 57.4 Å². The molecule has 4 fully saturated rings. The van der Waals surface area contributed by atoms with Crippen molar-refractivity contribution in [3.8, 4) is 0 Å². The van der Waals surface area contributed by atoms with Gasteiger partial charge < -0.3 is 25.2 Å². The minimum Gasteiger partial charge on any atom is -0.462 e. The molecule has 4 N–H and O–H groups in total. The molecule has 1 aromatic rings. The van der Waals surface area contributed by atoms with Crippen LogP contribution in [0, 0.1) is 50.2 Å². The molecule has 4 saturated carbocycles. The van der Waals surface area contributed by atoms with Gasteiger partial charge in [-0.15, -0.1) is 6.58 Å². The Balaban J connectivity index is 1.44. The fourth-order valence-electron chi connectivity index (χ4n) is 12.1. The number of aliphatic hydroxyl groups is 4. The van der Waals surface area contributed by atoms with Crippen molar-refractivity contribution in [3.05, 3.63) is 54.6 Å². The molecular formula is C41H62O6. The van der Waals surface area contributed by atoms with Gasteiger partial charge in [0.1, 0.15) is 0 Å². The average Bonchev–Trinajstić information content (AvgIpc) is 3.02. The van der Waals surface area contributed by atoms with Crippen LogP contribution in [0.3, 0.4) is 0 Å². The van der Waals surface area contributed by atoms with Gasteiger partial charge in [0.05, 0.1) is 31.0 Å². The molecule has 0 saturated heterocycles. The van der Waals surface area contributed by atoms with Crippen molar-refractivity contribution >= 4 is 12.0 Å². The third-order valence-corrected chi connectivity index (χ3v) is 15.1. The summed E-state index contributed by atoms with van der Waals surface area (Å²) in [6.07, 6.45) is 9.21. The molecule has 4 aliphatic rings. The zero-order valence-electron chi connectivity index (χ0n) is 30.0. The van der Waals surface area contributed by atoms with E-state index in [2.05, 4.69) is 47.3 Å². The lowest BCUT2D eigenvalue weighted by Crippen LogP contribution is -2.69. The van der Waals surface area contributed by atoms with Gasteiger partial charge >= 0.3 is 5.97 Å². The van der Waals surface area contributed by atoms with Gasteiger partial charge in [0, 0.05) is 16.9 Å². The number of hydrogen-bond acceptors (Lipinski definition) is 6. The van der Waals surface area contributed by atoms with Gasteiger partial charge in [0.15, 0.2) is 0 Å². The molecule has 4 aliphatic carbocycles. The Labute approximate surface area is 283 Å². The first-order valence-corrected chi connectivity index (χ1v) is 18.2. The lowest BCUT2D eigenvalue weighted by Gasteiger charge is -2.70. The van der Waals surface area contributed by atoms with E-state index in [4.69, 9.17) is 4.74 Å². The second kappa shape index (κ2) is 12.7. The van der Waals surface area contributed by atoms with Gasteiger partial charge in [-0.2, -0.15) is 0 Å². The quantitative estimate of drug-likeness (QED) is 0.133. The van der Waals surface area contributed by atoms with Crippen LogP contribution in [0.5, 0.6) is 0 Å². The van der Waals surface area contributed by atoms with E-state index in [1.54, 1.807) is 6.08 Å². The first-order valence-electron chi connectivity index (χ1n) is 18.2. The van der Waals surface area contributed by atoms with Gasteiger partial charge in [-0.3, -0.25) is 0 Å². The molecule has 6 nitrogen and oxygen atoms in total. The zero-order chi connectivity index (χ0) is 34.6. The third-order valence-electron chi connectivity index (χ3n) is 15.1. The average molecular weight is 651 g/mol. The monoisotopic (exact) mass is 650 g/mol. The smallest absolute Gasteiger partial charge is 0.330 e. The van der Waals surface area contributed by atoms with E-state index in [0.717, 1.165) is 44.1 Å². The number of aliphatic hydroxyl groups excluding tert-OH is 4. The van der Waals surface area contributed by atoms with E-state index in [9.17, 15) is 25.2 Å². The number of carbonyl (C=O) groups is 1. The standard InChI is InChI=1S/C41H62O6/c1-9-14-30-38(6)21-20-31(42)39(7,26-47-33(44)18-17-27-15-12-11-13-16-27)29(38)19-22-40(30,8)37(5)24-28-23-36(3,4)34(45)35(46)41(28,10-2)32(43)25-37/h9,11-13,15-18,28-32,34-35,42-43,45-46H,1,10,14,19-26H2,2-8H3/b18-17+/t28?,29?,30?,31-,32+,34-,35-,37-,38-,39+,40+,41-/m0/s1. The second-order valence-electron chi connectivity index (χ2n) is 17.7. The summed E-state index contributed by atoms with van der Waals surface area (Å²) in [6, 6.07) is 9.68. The molecule has 0 aromatic heterocycles. The molecule has 262 valence electrons. The van der Waals surface area contributed by atoms with Crippen molar-refractivity contribution in [2.45, 2.75) is 131 Å². The van der Waals surface area contributed by atoms with Crippen LogP contribution in [0.15, 0.2) is 49.1 Å². The van der Waals surface area contributed by atoms with E-state index < -0.39 is 46.6 Å². The van der Waals surface area contributed by atoms with Gasteiger partial charge in [0.2, 0.25) is 0 Å². The van der Waals surface area contributed by atoms with Gasteiger partial charge in [-0.25, -0.2) is 4.79 Å². The molecule has 3 unspecified atom stereocenters. The molecule has 1 aromatic carbocycles. The molecule has 12 atom stereocenters. The largest absolute Gasteiger partial charge is 0.462 e. The third kappa shape index (κ3) is 5.67. The van der Waals surface area contributed by atoms with Crippen molar-refractivity contribution in [2.24, 2.45) is 50.2 Å². The highest BCUT2D eigenvalue weighted by atomic mass is 16.5. The van der Waals surface area contributed by atoms with Crippen molar-refractivity contribution in [2.75, 3.05) is 6.61 Å². The first-order chi connectivity index (χ1) is 21.9. The number of allylic oxidation sites excluding steroid dienone is 1. The van der Waals surface area contributed by atoms with Crippen LogP contribution in [0.2, 0.25) is 0 Å². The van der Waals surface area contributed by atoms with Crippen molar-refractivity contribution in [3.63, 3.8) is 0 Å². The maximum absolute atomic E-state index is 12.9. The fraction of sp³-hybridized carbons (Fsp3) is 0.732. The highest BCUT2D eigenvalue weighted by molar-refractivity contribution is 5.87. The van der Waals surface area contributed by atoms with Crippen LogP contribution < -0.4 is 0 Å². The first kappa shape index (κ1) is 36.3. The Hall–Kier alpha value is -1.99. The predicted octanol–water partition coefficient (Wildman–Crippen LogP) is 7.34. The minimum atomic E-state index is -0.961. The number of rotatable bonds is 8. The number of benzene rings is 1. The number of fused-ring (bicyclic) bond motifs is 2. The van der Waals surface area contributed by atoms with Crippen LogP contribution >= 0.6 is 0 Å². The molecule has 0 aliphatic heterocycles. The number of ether oxygens (including phenoxy) is 1. The lowest BCUT2D eigenvalue weighted by atomic mass is 9.35. The summed E-state index contributed by atoms with van der Waals surface area (Å²) in [6.45, 7) is 19.8. The van der Waals surface area contributed by atoms with Crippen molar-refractivity contribution in [1.82, 2.24) is 0 Å². The summed E-state index contributed by atoms with van der Waals surface area (Å²) in [5.41, 5.74) is -1.32. The zero-order valence-corrected chi connectivity index (χ0v) is 30.0. The Morgan fingerprint density at radius 3 is 2.23 bits per heavy atom. The number of carbonyl (C=O) groups excluding carboxylic acids is 1. The Morgan fingerprint density at radius 1 is 0.915 bits per heavy atom. The molecule has 0 amide bonds. The van der Waals surface area contributed by atoms with E-state index in [1.165, 1.54) is 6.08 Å². The Morgan fingerprint density at radius 2 is 1.60 bits per heavy atom. The summed E-state index contributed by atoms with van der Waals surface area (Å²) in [4.78, 5) is 12.9. The van der Waals surface area contributed by atoms with Gasteiger partial charge in [-0.1, -0.05) is 84.9 Å². The van der Waals surface area contributed by atoms with E-state index in [1.807, 2.05) is 44.2 Å². The fourth-order valence-corrected chi connectivity index (χ4v) is 12.1. The van der Waals surface area contributed by atoms with Crippen molar-refractivity contribution < 1.29 is 30.0 Å². The van der Waals surface area contributed by atoms with Gasteiger partial charge in [-0.05, 0) is 109 Å². The molecule has 5 rings (SSSR count). The van der Waals surface area contributed by atoms with E-state index in [-0.39, 0.29) is 40.6 Å². The maximum Gasteiger partial charge on any atom is 0.330 e. The molecule has 0 radical (unpaired) electrons. The van der Waals surface area contributed by atoms with E-state index in [0.29, 0.717) is 19.3 Å². The molecule has 6 heteroatoms. The molecule has 47 heavy (non-hydrogen) atoms. The summed E-state index contributed by atoms with van der Waals surface area (Å²) in [5, 5.41) is 46.4. The highest BCUT2D eigenvalue weighted by Gasteiger charge is 2.69. The van der Waals surface area contributed by atoms with Crippen LogP contribution in [-0.2, 0) is 9.53 Å².